The van der Waals surface area contributed by atoms with Crippen LogP contribution in [0.2, 0.25) is 0 Å². The van der Waals surface area contributed by atoms with Gasteiger partial charge in [0, 0.05) is 36.4 Å². The van der Waals surface area contributed by atoms with Crippen LogP contribution in [0.3, 0.4) is 0 Å². The SMILES string of the molecule is NCC#Cc1ccc(CNc2ccn([C@H]3CC(O)[C@@H](COP(=O)(O)OP(=O)(O)OP(=O)(O)O)O3)c(=O)n2)c([N+](=O)[O-])c1. The van der Waals surface area contributed by atoms with Gasteiger partial charge in [0.25, 0.3) is 5.69 Å². The van der Waals surface area contributed by atoms with Crippen molar-refractivity contribution in [2.45, 2.75) is 31.4 Å². The van der Waals surface area contributed by atoms with Gasteiger partial charge in [0.15, 0.2) is 0 Å². The Morgan fingerprint density at radius 1 is 1.19 bits per heavy atom. The molecule has 8 N–H and O–H groups in total. The minimum Gasteiger partial charge on any atom is -0.390 e. The molecule has 1 aromatic heterocycles. The van der Waals surface area contributed by atoms with E-state index in [2.05, 4.69) is 35.3 Å². The lowest BCUT2D eigenvalue weighted by atomic mass is 10.1. The summed E-state index contributed by atoms with van der Waals surface area (Å²) in [6.45, 7) is -0.904. The van der Waals surface area contributed by atoms with Crippen molar-refractivity contribution in [2.24, 2.45) is 5.73 Å². The van der Waals surface area contributed by atoms with Crippen molar-refractivity contribution >= 4 is 35.0 Å². The van der Waals surface area contributed by atoms with Crippen molar-refractivity contribution in [3.05, 3.63) is 62.2 Å². The van der Waals surface area contributed by atoms with Gasteiger partial charge in [-0.3, -0.25) is 19.2 Å². The number of nitro groups is 1. The molecule has 2 aromatic rings. The lowest BCUT2D eigenvalue weighted by Gasteiger charge is -2.19. The van der Waals surface area contributed by atoms with E-state index in [1.54, 1.807) is 6.07 Å². The summed E-state index contributed by atoms with van der Waals surface area (Å²) in [4.78, 5) is 63.2. The fourth-order valence-corrected chi connectivity index (χ4v) is 6.57. The Balaban J connectivity index is 1.62. The van der Waals surface area contributed by atoms with Crippen LogP contribution < -0.4 is 16.7 Å². The minimum atomic E-state index is -5.73. The molecular formula is C19H24N5O15P3. The van der Waals surface area contributed by atoms with E-state index in [9.17, 15) is 43.5 Å². The fraction of sp³-hybridized carbons (Fsp3) is 0.368. The predicted molar refractivity (Wildman–Crippen MR) is 139 cm³/mol. The largest absolute Gasteiger partial charge is 0.490 e. The normalized spacial score (nSPS) is 21.5. The van der Waals surface area contributed by atoms with Crippen molar-refractivity contribution in [1.29, 1.82) is 0 Å². The summed E-state index contributed by atoms with van der Waals surface area (Å²) < 4.78 is 52.1. The highest BCUT2D eigenvalue weighted by molar-refractivity contribution is 7.66. The number of nitrogens with one attached hydrogen (secondary N) is 1. The van der Waals surface area contributed by atoms with Crippen LogP contribution in [-0.2, 0) is 38.1 Å². The Bertz CT molecular complexity index is 1580. The quantitative estimate of drug-likeness (QED) is 0.0688. The number of anilines is 1. The number of benzene rings is 1. The van der Waals surface area contributed by atoms with E-state index in [-0.39, 0.29) is 36.6 Å². The Kier molecular flexibility index (Phi) is 10.9. The molecule has 0 amide bonds. The van der Waals surface area contributed by atoms with Gasteiger partial charge in [-0.05, 0) is 18.2 Å². The van der Waals surface area contributed by atoms with Crippen LogP contribution in [0.4, 0.5) is 11.5 Å². The summed E-state index contributed by atoms with van der Waals surface area (Å²) >= 11 is 0. The minimum absolute atomic E-state index is 0.0558. The number of ether oxygens (including phenoxy) is 1. The van der Waals surface area contributed by atoms with Crippen LogP contribution in [-0.4, -0.2) is 64.5 Å². The Morgan fingerprint density at radius 3 is 2.52 bits per heavy atom. The number of hydrogen-bond donors (Lipinski definition) is 7. The van der Waals surface area contributed by atoms with Crippen LogP contribution in [0, 0.1) is 22.0 Å². The van der Waals surface area contributed by atoms with Crippen LogP contribution in [0.15, 0.2) is 35.3 Å². The molecule has 0 saturated carbocycles. The van der Waals surface area contributed by atoms with E-state index in [4.69, 9.17) is 20.3 Å². The fourth-order valence-electron chi connectivity index (χ4n) is 3.54. The number of aliphatic hydroxyl groups is 1. The van der Waals surface area contributed by atoms with E-state index in [1.807, 2.05) is 0 Å². The molecule has 0 bridgehead atoms. The zero-order chi connectivity index (χ0) is 31.3. The zero-order valence-corrected chi connectivity index (χ0v) is 23.7. The first-order valence-electron chi connectivity index (χ1n) is 11.4. The summed E-state index contributed by atoms with van der Waals surface area (Å²) in [5.74, 6) is 5.35. The van der Waals surface area contributed by atoms with Gasteiger partial charge >= 0.3 is 29.2 Å². The van der Waals surface area contributed by atoms with Gasteiger partial charge in [-0.1, -0.05) is 11.8 Å². The van der Waals surface area contributed by atoms with Crippen LogP contribution in [0.1, 0.15) is 23.8 Å². The Morgan fingerprint density at radius 2 is 1.90 bits per heavy atom. The van der Waals surface area contributed by atoms with Crippen LogP contribution >= 0.6 is 23.5 Å². The zero-order valence-electron chi connectivity index (χ0n) is 21.0. The molecule has 1 aliphatic rings. The molecule has 1 fully saturated rings. The average Bonchev–Trinajstić information content (AvgIpc) is 3.23. The van der Waals surface area contributed by atoms with Crippen molar-refractivity contribution in [2.75, 3.05) is 18.5 Å². The number of nitrogens with zero attached hydrogens (tertiary/aromatic N) is 3. The van der Waals surface area contributed by atoms with Crippen molar-refractivity contribution in [3.63, 3.8) is 0 Å². The molecule has 3 unspecified atom stereocenters. The maximum atomic E-state index is 12.6. The number of hydrogen-bond acceptors (Lipinski definition) is 14. The van der Waals surface area contributed by atoms with Gasteiger partial charge in [0.2, 0.25) is 0 Å². The van der Waals surface area contributed by atoms with Gasteiger partial charge in [-0.2, -0.15) is 13.6 Å². The molecule has 20 nitrogen and oxygen atoms in total. The molecule has 0 aliphatic carbocycles. The maximum absolute atomic E-state index is 12.6. The molecule has 230 valence electrons. The second-order valence-electron chi connectivity index (χ2n) is 8.28. The van der Waals surface area contributed by atoms with Crippen LogP contribution in [0.25, 0.3) is 0 Å². The average molecular weight is 655 g/mol. The molecule has 23 heteroatoms. The van der Waals surface area contributed by atoms with Gasteiger partial charge in [-0.15, -0.1) is 0 Å². The van der Waals surface area contributed by atoms with Crippen molar-refractivity contribution in [3.8, 4) is 11.8 Å². The summed E-state index contributed by atoms with van der Waals surface area (Å²) in [5, 5.41) is 24.5. The monoisotopic (exact) mass is 655 g/mol. The molecule has 1 aliphatic heterocycles. The number of aromatic nitrogens is 2. The third-order valence-electron chi connectivity index (χ3n) is 5.24. The first-order valence-corrected chi connectivity index (χ1v) is 15.9. The van der Waals surface area contributed by atoms with E-state index < -0.39 is 59.1 Å². The lowest BCUT2D eigenvalue weighted by Crippen LogP contribution is -2.28. The van der Waals surface area contributed by atoms with Gasteiger partial charge in [0.1, 0.15) is 18.1 Å². The standard InChI is InChI=1S/C19H24N5O15P3/c20-6-1-2-12-3-4-13(14(8-12)24(27)28)10-21-17-5-7-23(19(26)22-17)18-9-15(25)16(37-18)11-36-41(32,33)39-42(34,35)38-40(29,30)31/h3-5,7-8,15-16,18,25H,6,9-11,20H2,(H,32,33)(H,34,35)(H,21,22,26)(H2,29,30,31)/t15?,16-,18-/m1/s1. The Labute approximate surface area is 235 Å². The van der Waals surface area contributed by atoms with Crippen molar-refractivity contribution < 1.29 is 61.2 Å². The highest BCUT2D eigenvalue weighted by Gasteiger charge is 2.43. The van der Waals surface area contributed by atoms with E-state index in [0.29, 0.717) is 5.56 Å². The number of phosphoric acid groups is 3. The summed E-state index contributed by atoms with van der Waals surface area (Å²) in [7, 11) is -16.8. The summed E-state index contributed by atoms with van der Waals surface area (Å²) in [6.07, 6.45) is -2.83. The molecule has 0 radical (unpaired) electrons. The highest BCUT2D eigenvalue weighted by Crippen LogP contribution is 2.66. The molecule has 5 atom stereocenters. The number of aliphatic hydroxyl groups excluding tert-OH is 1. The molecule has 3 rings (SSSR count). The number of phosphoric ester groups is 1. The second kappa shape index (κ2) is 13.6. The molecule has 1 aromatic carbocycles. The molecule has 1 saturated heterocycles. The number of nitrogens with two attached hydrogens (primary N) is 1. The molecule has 0 spiro atoms. The number of nitro benzene ring substituents is 1. The van der Waals surface area contributed by atoms with Gasteiger partial charge < -0.3 is 40.5 Å². The topological polar surface area (TPSA) is 305 Å². The van der Waals surface area contributed by atoms with E-state index in [1.165, 1.54) is 24.4 Å². The van der Waals surface area contributed by atoms with E-state index >= 15 is 0 Å². The first-order chi connectivity index (χ1) is 19.5. The summed E-state index contributed by atoms with van der Waals surface area (Å²) in [6, 6.07) is 5.70. The maximum Gasteiger partial charge on any atom is 0.490 e. The first kappa shape index (κ1) is 33.6. The van der Waals surface area contributed by atoms with E-state index in [0.717, 1.165) is 4.57 Å². The van der Waals surface area contributed by atoms with Crippen molar-refractivity contribution in [1.82, 2.24) is 9.55 Å². The molecule has 2 heterocycles. The highest BCUT2D eigenvalue weighted by atomic mass is 31.3. The Hall–Kier alpha value is -2.85. The third kappa shape index (κ3) is 9.87. The van der Waals surface area contributed by atoms with Gasteiger partial charge in [0.05, 0.1) is 24.2 Å². The molecular weight excluding hydrogens is 631 g/mol. The molecule has 42 heavy (non-hydrogen) atoms. The number of rotatable bonds is 12. The smallest absolute Gasteiger partial charge is 0.390 e. The van der Waals surface area contributed by atoms with Gasteiger partial charge in [-0.25, -0.2) is 18.5 Å². The summed E-state index contributed by atoms with van der Waals surface area (Å²) in [5.41, 5.74) is 4.93. The predicted octanol–water partition coefficient (Wildman–Crippen LogP) is 0.0655. The van der Waals surface area contributed by atoms with Crippen LogP contribution in [0.5, 0.6) is 0 Å². The second-order valence-corrected chi connectivity index (χ2v) is 12.7. The third-order valence-corrected chi connectivity index (χ3v) is 9.04. The lowest BCUT2D eigenvalue weighted by molar-refractivity contribution is -0.385.